The van der Waals surface area contributed by atoms with Gasteiger partial charge in [-0.05, 0) is 87.6 Å². The van der Waals surface area contributed by atoms with Crippen LogP contribution in [0.15, 0.2) is 180 Å². The summed E-state index contributed by atoms with van der Waals surface area (Å²) in [5.41, 5.74) is 14.3. The number of hydrogen-bond donors (Lipinski definition) is 0. The van der Waals surface area contributed by atoms with E-state index in [-0.39, 0.29) is 5.41 Å². The maximum atomic E-state index is 6.79. The van der Waals surface area contributed by atoms with Gasteiger partial charge in [-0.1, -0.05) is 135 Å². The number of pyridine rings is 1. The number of hydrogen-bond acceptors (Lipinski definition) is 2. The van der Waals surface area contributed by atoms with E-state index in [1.165, 1.54) is 65.6 Å². The summed E-state index contributed by atoms with van der Waals surface area (Å²) in [6.45, 7) is 4.75. The fraction of sp³-hybridized carbons (Fsp3) is 0.0556. The van der Waals surface area contributed by atoms with Gasteiger partial charge in [0.15, 0.2) is 5.58 Å². The average Bonchev–Trinajstić information content (AvgIpc) is 3.97. The Morgan fingerprint density at radius 2 is 1.19 bits per heavy atom. The molecule has 8 aromatic carbocycles. The van der Waals surface area contributed by atoms with Crippen LogP contribution in [-0.4, -0.2) is 14.1 Å². The van der Waals surface area contributed by atoms with Crippen molar-refractivity contribution in [3.05, 3.63) is 187 Å². The van der Waals surface area contributed by atoms with Crippen molar-refractivity contribution < 1.29 is 4.42 Å². The zero-order valence-corrected chi connectivity index (χ0v) is 32.0. The maximum absolute atomic E-state index is 6.79. The minimum absolute atomic E-state index is 0.232. The van der Waals surface area contributed by atoms with Crippen LogP contribution in [0.2, 0.25) is 0 Å². The fourth-order valence-corrected chi connectivity index (χ4v) is 10.3. The van der Waals surface area contributed by atoms with E-state index < -0.39 is 0 Å². The van der Waals surface area contributed by atoms with Gasteiger partial charge in [-0.25, -0.2) is 4.98 Å². The van der Waals surface area contributed by atoms with Gasteiger partial charge in [-0.3, -0.25) is 4.57 Å². The molecule has 0 amide bonds. The van der Waals surface area contributed by atoms with E-state index in [1.807, 2.05) is 6.07 Å². The molecule has 0 spiro atoms. The second-order valence-corrected chi connectivity index (χ2v) is 16.3. The summed E-state index contributed by atoms with van der Waals surface area (Å²) in [4.78, 5) is 5.73. The second-order valence-electron chi connectivity index (χ2n) is 16.3. The summed E-state index contributed by atoms with van der Waals surface area (Å²) in [6, 6.07) is 63.7. The van der Waals surface area contributed by atoms with E-state index in [9.17, 15) is 0 Å². The number of aromatic nitrogens is 3. The number of nitrogens with zero attached hydrogens (tertiary/aromatic N) is 3. The van der Waals surface area contributed by atoms with Gasteiger partial charge >= 0.3 is 0 Å². The Hall–Kier alpha value is -7.43. The fourth-order valence-electron chi connectivity index (χ4n) is 10.3. The van der Waals surface area contributed by atoms with Gasteiger partial charge < -0.3 is 8.98 Å². The van der Waals surface area contributed by atoms with Crippen molar-refractivity contribution in [2.45, 2.75) is 19.3 Å². The zero-order valence-electron chi connectivity index (χ0n) is 32.0. The zero-order chi connectivity index (χ0) is 38.3. The van der Waals surface area contributed by atoms with Gasteiger partial charge in [0, 0.05) is 49.0 Å². The molecule has 4 nitrogen and oxygen atoms in total. The van der Waals surface area contributed by atoms with E-state index in [2.05, 4.69) is 193 Å². The van der Waals surface area contributed by atoms with Crippen LogP contribution in [-0.2, 0) is 5.41 Å². The van der Waals surface area contributed by atoms with Gasteiger partial charge in [0.1, 0.15) is 17.1 Å². The Morgan fingerprint density at radius 1 is 0.483 bits per heavy atom. The van der Waals surface area contributed by atoms with Crippen LogP contribution in [0.1, 0.15) is 25.0 Å². The lowest BCUT2D eigenvalue weighted by Gasteiger charge is -2.23. The first-order valence-electron chi connectivity index (χ1n) is 20.0. The van der Waals surface area contributed by atoms with Crippen LogP contribution in [0.5, 0.6) is 0 Å². The molecule has 0 radical (unpaired) electrons. The Morgan fingerprint density at radius 3 is 2.07 bits per heavy atom. The summed E-state index contributed by atoms with van der Waals surface area (Å²) in [7, 11) is 0. The quantitative estimate of drug-likeness (QED) is 0.181. The Labute approximate surface area is 333 Å². The highest BCUT2D eigenvalue weighted by Crippen LogP contribution is 2.53. The van der Waals surface area contributed by atoms with Gasteiger partial charge in [0.05, 0.1) is 22.1 Å². The minimum atomic E-state index is -0.232. The van der Waals surface area contributed by atoms with Crippen molar-refractivity contribution in [1.29, 1.82) is 0 Å². The molecule has 272 valence electrons. The number of fused-ring (bicyclic) bond motifs is 14. The predicted molar refractivity (Wildman–Crippen MR) is 241 cm³/mol. The molecular formula is C54H35N3O. The lowest BCUT2D eigenvalue weighted by molar-refractivity contribution is 0.663. The van der Waals surface area contributed by atoms with Gasteiger partial charge in [0.25, 0.3) is 0 Å². The molecule has 13 rings (SSSR count). The first-order valence-corrected chi connectivity index (χ1v) is 20.0. The number of rotatable bonds is 3. The molecule has 4 heterocycles. The molecule has 0 bridgehead atoms. The maximum Gasteiger partial charge on any atom is 0.161 e. The van der Waals surface area contributed by atoms with Gasteiger partial charge in [-0.2, -0.15) is 0 Å². The molecular weight excluding hydrogens is 707 g/mol. The lowest BCUT2D eigenvalue weighted by Crippen LogP contribution is -2.16. The van der Waals surface area contributed by atoms with Crippen molar-refractivity contribution >= 4 is 76.3 Å². The molecule has 4 heteroatoms. The van der Waals surface area contributed by atoms with E-state index >= 15 is 0 Å². The van der Waals surface area contributed by atoms with Crippen LogP contribution in [0, 0.1) is 0 Å². The van der Waals surface area contributed by atoms with Crippen molar-refractivity contribution in [2.24, 2.45) is 0 Å². The van der Waals surface area contributed by atoms with Gasteiger partial charge in [-0.15, -0.1) is 0 Å². The predicted octanol–water partition coefficient (Wildman–Crippen LogP) is 14.3. The highest BCUT2D eigenvalue weighted by Gasteiger charge is 2.38. The molecule has 0 atom stereocenters. The summed E-state index contributed by atoms with van der Waals surface area (Å²) < 4.78 is 11.6. The Kier molecular flexibility index (Phi) is 6.20. The second kappa shape index (κ2) is 11.3. The summed E-state index contributed by atoms with van der Waals surface area (Å²) >= 11 is 0. The van der Waals surface area contributed by atoms with E-state index in [4.69, 9.17) is 9.40 Å². The van der Waals surface area contributed by atoms with Crippen LogP contribution in [0.4, 0.5) is 0 Å². The smallest absolute Gasteiger partial charge is 0.161 e. The first-order chi connectivity index (χ1) is 28.5. The van der Waals surface area contributed by atoms with Crippen molar-refractivity contribution in [1.82, 2.24) is 14.1 Å². The first kappa shape index (κ1) is 31.7. The van der Waals surface area contributed by atoms with Crippen LogP contribution < -0.4 is 0 Å². The molecule has 0 saturated heterocycles. The Bertz CT molecular complexity index is 3710. The monoisotopic (exact) mass is 741 g/mol. The molecule has 1 aliphatic rings. The van der Waals surface area contributed by atoms with Crippen molar-refractivity contribution in [3.8, 4) is 33.9 Å². The van der Waals surface area contributed by atoms with E-state index in [1.54, 1.807) is 0 Å². The summed E-state index contributed by atoms with van der Waals surface area (Å²) in [5, 5.41) is 9.39. The van der Waals surface area contributed by atoms with E-state index in [0.717, 1.165) is 55.7 Å². The van der Waals surface area contributed by atoms with E-state index in [0.29, 0.717) is 0 Å². The summed E-state index contributed by atoms with van der Waals surface area (Å²) in [5.74, 6) is 0.872. The molecule has 1 aliphatic carbocycles. The molecule has 0 unspecified atom stereocenters. The highest BCUT2D eigenvalue weighted by atomic mass is 16.3. The standard InChI is InChI=1S/C54H35N3O/c1-54(2)44-21-11-8-18-36(44)39-25-26-40-42-28-32-14-6-7-15-33(32)30-47(42)57(52(40)50(39)54)49-31-43-38-20-10-13-23-48(38)58-53(43)51(55-49)34-24-27-46-41(29-34)37-19-9-12-22-45(37)56(46)35-16-4-3-5-17-35/h3-31H,1-2H3. The van der Waals surface area contributed by atoms with Gasteiger partial charge in [0.2, 0.25) is 0 Å². The molecule has 58 heavy (non-hydrogen) atoms. The average molecular weight is 742 g/mol. The third-order valence-corrected chi connectivity index (χ3v) is 12.9. The third kappa shape index (κ3) is 4.16. The minimum Gasteiger partial charge on any atom is -0.454 e. The normalized spacial score (nSPS) is 13.5. The highest BCUT2D eigenvalue weighted by molar-refractivity contribution is 6.17. The number of furan rings is 1. The Balaban J connectivity index is 1.16. The largest absolute Gasteiger partial charge is 0.454 e. The third-order valence-electron chi connectivity index (χ3n) is 12.9. The van der Waals surface area contributed by atoms with Crippen molar-refractivity contribution in [2.75, 3.05) is 0 Å². The van der Waals surface area contributed by atoms with Crippen molar-refractivity contribution in [3.63, 3.8) is 0 Å². The van der Waals surface area contributed by atoms with Crippen LogP contribution >= 0.6 is 0 Å². The summed E-state index contributed by atoms with van der Waals surface area (Å²) in [6.07, 6.45) is 0. The molecule has 0 N–H and O–H groups in total. The molecule has 12 aromatic rings. The topological polar surface area (TPSA) is 35.9 Å². The lowest BCUT2D eigenvalue weighted by atomic mass is 9.81. The molecule has 0 saturated carbocycles. The molecule has 4 aromatic heterocycles. The molecule has 0 aliphatic heterocycles. The molecule has 0 fully saturated rings. The van der Waals surface area contributed by atoms with Crippen LogP contribution in [0.25, 0.3) is 110 Å². The number of benzene rings is 8. The van der Waals surface area contributed by atoms with Crippen LogP contribution in [0.3, 0.4) is 0 Å². The number of para-hydroxylation sites is 3. The SMILES string of the molecule is CC1(C)c2ccccc2-c2ccc3c4cc5ccccc5cc4n(-c4cc5c(oc6ccccc65)c(-c5ccc6c(c5)c5ccccc5n6-c5ccccc5)n4)c3c21.